The van der Waals surface area contributed by atoms with Gasteiger partial charge in [0.15, 0.2) is 0 Å². The molecule has 0 fully saturated rings. The summed E-state index contributed by atoms with van der Waals surface area (Å²) in [5, 5.41) is 8.64. The Balaban J connectivity index is 1.25. The van der Waals surface area contributed by atoms with Crippen LogP contribution in [-0.4, -0.2) is 25.6 Å². The van der Waals surface area contributed by atoms with Crippen LogP contribution in [0.1, 0.15) is 18.9 Å². The minimum absolute atomic E-state index is 0.162. The topological polar surface area (TPSA) is 85.8 Å². The lowest BCUT2D eigenvalue weighted by Crippen LogP contribution is -2.12. The Morgan fingerprint density at radius 3 is 2.64 bits per heavy atom. The fraction of sp³-hybridized carbons (Fsp3) is 0.130. The number of rotatable bonds is 7. The molecule has 0 aliphatic carbocycles. The molecule has 33 heavy (non-hydrogen) atoms. The zero-order valence-corrected chi connectivity index (χ0v) is 17.9. The quantitative estimate of drug-likeness (QED) is 0.329. The van der Waals surface area contributed by atoms with E-state index in [2.05, 4.69) is 20.4 Å². The molecule has 0 spiro atoms. The maximum atomic E-state index is 13.7. The Morgan fingerprint density at radius 1 is 1.06 bits per heavy atom. The minimum atomic E-state index is -2.73. The maximum Gasteiger partial charge on any atom is 0.320 e. The van der Waals surface area contributed by atoms with Gasteiger partial charge in [-0.1, -0.05) is 23.4 Å². The van der Waals surface area contributed by atoms with Gasteiger partial charge in [-0.25, -0.2) is 4.98 Å². The van der Waals surface area contributed by atoms with Gasteiger partial charge in [-0.2, -0.15) is 13.8 Å². The monoisotopic (exact) mass is 465 g/mol. The van der Waals surface area contributed by atoms with Gasteiger partial charge >= 0.3 is 6.55 Å². The molecular weight excluding hydrogens is 448 g/mol. The van der Waals surface area contributed by atoms with E-state index in [1.165, 1.54) is 11.3 Å². The molecule has 0 aliphatic rings. The van der Waals surface area contributed by atoms with Gasteiger partial charge < -0.3 is 9.84 Å². The smallest absolute Gasteiger partial charge is 0.320 e. The van der Waals surface area contributed by atoms with Crippen LogP contribution in [0, 0.1) is 0 Å². The molecule has 166 valence electrons. The van der Waals surface area contributed by atoms with Crippen molar-refractivity contribution in [3.63, 3.8) is 0 Å². The fourth-order valence-corrected chi connectivity index (χ4v) is 4.10. The highest BCUT2D eigenvalue weighted by atomic mass is 32.1. The maximum absolute atomic E-state index is 13.7. The molecule has 1 amide bonds. The lowest BCUT2D eigenvalue weighted by atomic mass is 10.2. The van der Waals surface area contributed by atoms with Crippen molar-refractivity contribution < 1.29 is 18.1 Å². The highest BCUT2D eigenvalue weighted by Gasteiger charge is 2.19. The first-order valence-corrected chi connectivity index (χ1v) is 11.0. The molecule has 0 atom stereocenters. The van der Waals surface area contributed by atoms with E-state index in [0.29, 0.717) is 40.4 Å². The third kappa shape index (κ3) is 4.37. The number of nitrogens with one attached hydrogen (secondary N) is 1. The van der Waals surface area contributed by atoms with E-state index >= 15 is 0 Å². The molecule has 5 rings (SSSR count). The normalized spacial score (nSPS) is 11.4. The van der Waals surface area contributed by atoms with Crippen LogP contribution >= 0.6 is 11.3 Å². The summed E-state index contributed by atoms with van der Waals surface area (Å²) in [6.07, 6.45) is 0.468. The summed E-state index contributed by atoms with van der Waals surface area (Å²) in [5.41, 5.74) is 1.93. The zero-order valence-electron chi connectivity index (χ0n) is 17.1. The van der Waals surface area contributed by atoms with E-state index in [1.54, 1.807) is 48.5 Å². The predicted molar refractivity (Wildman–Crippen MR) is 121 cm³/mol. The Morgan fingerprint density at radius 2 is 1.88 bits per heavy atom. The van der Waals surface area contributed by atoms with Crippen LogP contribution in [0.2, 0.25) is 0 Å². The van der Waals surface area contributed by atoms with Gasteiger partial charge in [0.05, 0.1) is 15.9 Å². The first kappa shape index (κ1) is 21.0. The number of halogens is 2. The van der Waals surface area contributed by atoms with E-state index in [9.17, 15) is 13.6 Å². The Bertz CT molecular complexity index is 1390. The highest BCUT2D eigenvalue weighted by molar-refractivity contribution is 7.13. The number of alkyl halides is 2. The van der Waals surface area contributed by atoms with Crippen LogP contribution in [0.4, 0.5) is 14.5 Å². The second-order valence-electron chi connectivity index (χ2n) is 7.19. The Labute approximate surface area is 190 Å². The summed E-state index contributed by atoms with van der Waals surface area (Å²) in [6, 6.07) is 17.2. The lowest BCUT2D eigenvalue weighted by Gasteiger charge is -2.09. The van der Waals surface area contributed by atoms with Crippen molar-refractivity contribution >= 4 is 34.0 Å². The molecule has 0 saturated heterocycles. The third-order valence-electron chi connectivity index (χ3n) is 4.99. The van der Waals surface area contributed by atoms with Gasteiger partial charge in [0, 0.05) is 24.1 Å². The lowest BCUT2D eigenvalue weighted by molar-refractivity contribution is -0.116. The standard InChI is InChI=1S/C23H17F2N5O2S/c24-23(25)30-17-5-2-1-4-16(17)27-22(30)14-7-9-15(10-8-14)26-19(31)11-12-20-28-21(29-32-20)18-6-3-13-33-18/h1-10,13,23H,11-12H2,(H,26,31). The number of amides is 1. The van der Waals surface area contributed by atoms with E-state index in [-0.39, 0.29) is 18.2 Å². The summed E-state index contributed by atoms with van der Waals surface area (Å²) in [5.74, 6) is 0.834. The number of para-hydroxylation sites is 2. The third-order valence-corrected chi connectivity index (χ3v) is 5.86. The van der Waals surface area contributed by atoms with Crippen LogP contribution < -0.4 is 5.32 Å². The molecule has 0 radical (unpaired) electrons. The van der Waals surface area contributed by atoms with Gasteiger partial charge in [-0.15, -0.1) is 11.3 Å². The first-order valence-electron chi connectivity index (χ1n) is 10.1. The second-order valence-corrected chi connectivity index (χ2v) is 8.13. The average Bonchev–Trinajstić information content (AvgIpc) is 3.57. The van der Waals surface area contributed by atoms with Gasteiger partial charge in [0.25, 0.3) is 0 Å². The number of benzene rings is 2. The van der Waals surface area contributed by atoms with Crippen LogP contribution in [0.3, 0.4) is 0 Å². The largest absolute Gasteiger partial charge is 0.339 e. The SMILES string of the molecule is O=C(CCc1nc(-c2cccs2)no1)Nc1ccc(-c2nc3ccccc3n2C(F)F)cc1. The molecule has 3 aromatic heterocycles. The fourth-order valence-electron chi connectivity index (χ4n) is 3.45. The number of aromatic nitrogens is 4. The number of hydrogen-bond donors (Lipinski definition) is 1. The summed E-state index contributed by atoms with van der Waals surface area (Å²) >= 11 is 1.51. The van der Waals surface area contributed by atoms with Crippen molar-refractivity contribution in [3.8, 4) is 22.1 Å². The molecular formula is C23H17F2N5O2S. The van der Waals surface area contributed by atoms with Crippen molar-refractivity contribution in [1.82, 2.24) is 19.7 Å². The molecule has 0 unspecified atom stereocenters. The van der Waals surface area contributed by atoms with Crippen LogP contribution in [0.5, 0.6) is 0 Å². The van der Waals surface area contributed by atoms with Gasteiger partial charge in [0.1, 0.15) is 5.82 Å². The number of hydrogen-bond acceptors (Lipinski definition) is 6. The Kier molecular flexibility index (Phi) is 5.66. The number of anilines is 1. The number of carbonyl (C=O) groups excluding carboxylic acids is 1. The first-order chi connectivity index (χ1) is 16.1. The van der Waals surface area contributed by atoms with Crippen LogP contribution in [0.15, 0.2) is 70.6 Å². The minimum Gasteiger partial charge on any atom is -0.339 e. The predicted octanol–water partition coefficient (Wildman–Crippen LogP) is 5.78. The molecule has 5 aromatic rings. The van der Waals surface area contributed by atoms with E-state index in [4.69, 9.17) is 4.52 Å². The van der Waals surface area contributed by atoms with Crippen LogP contribution in [0.25, 0.3) is 33.1 Å². The number of thiophene rings is 1. The molecule has 2 aromatic carbocycles. The molecule has 0 saturated carbocycles. The average molecular weight is 465 g/mol. The summed E-state index contributed by atoms with van der Waals surface area (Å²) in [6.45, 7) is -2.73. The zero-order chi connectivity index (χ0) is 22.8. The number of imidazole rings is 1. The van der Waals surface area contributed by atoms with E-state index in [1.807, 2.05) is 17.5 Å². The molecule has 1 N–H and O–H groups in total. The summed E-state index contributed by atoms with van der Waals surface area (Å²) in [7, 11) is 0. The Hall–Kier alpha value is -3.92. The number of carbonyl (C=O) groups is 1. The molecule has 10 heteroatoms. The number of nitrogens with zero attached hydrogens (tertiary/aromatic N) is 4. The van der Waals surface area contributed by atoms with Crippen molar-refractivity contribution in [2.45, 2.75) is 19.4 Å². The van der Waals surface area contributed by atoms with E-state index < -0.39 is 6.55 Å². The number of aryl methyl sites for hydroxylation is 1. The van der Waals surface area contributed by atoms with Crippen LogP contribution in [-0.2, 0) is 11.2 Å². The van der Waals surface area contributed by atoms with Gasteiger partial charge in [0.2, 0.25) is 17.6 Å². The summed E-state index contributed by atoms with van der Waals surface area (Å²) < 4.78 is 33.5. The summed E-state index contributed by atoms with van der Waals surface area (Å²) in [4.78, 5) is 21.9. The van der Waals surface area contributed by atoms with Crippen molar-refractivity contribution in [3.05, 3.63) is 71.9 Å². The molecule has 7 nitrogen and oxygen atoms in total. The van der Waals surface area contributed by atoms with Crippen molar-refractivity contribution in [2.75, 3.05) is 5.32 Å². The van der Waals surface area contributed by atoms with Crippen molar-refractivity contribution in [2.24, 2.45) is 0 Å². The number of fused-ring (bicyclic) bond motifs is 1. The highest BCUT2D eigenvalue weighted by Crippen LogP contribution is 2.30. The molecule has 0 bridgehead atoms. The van der Waals surface area contributed by atoms with E-state index in [0.717, 1.165) is 9.44 Å². The molecule has 0 aliphatic heterocycles. The molecule has 3 heterocycles. The second kappa shape index (κ2) is 8.91. The van der Waals surface area contributed by atoms with Gasteiger partial charge in [-0.3, -0.25) is 9.36 Å². The van der Waals surface area contributed by atoms with Gasteiger partial charge in [-0.05, 0) is 47.8 Å². The van der Waals surface area contributed by atoms with Crippen molar-refractivity contribution in [1.29, 1.82) is 0 Å².